The number of hydrogen-bond donors (Lipinski definition) is 2. The van der Waals surface area contributed by atoms with Crippen molar-refractivity contribution in [2.24, 2.45) is 5.73 Å². The van der Waals surface area contributed by atoms with Crippen LogP contribution in [0.25, 0.3) is 0 Å². The molecule has 0 radical (unpaired) electrons. The van der Waals surface area contributed by atoms with Crippen molar-refractivity contribution in [3.8, 4) is 0 Å². The second-order valence-electron chi connectivity index (χ2n) is 3.98. The molecule has 0 aliphatic carbocycles. The molecule has 2 heteroatoms. The van der Waals surface area contributed by atoms with E-state index in [1.54, 1.807) is 13.8 Å². The van der Waals surface area contributed by atoms with E-state index >= 15 is 0 Å². The quantitative estimate of drug-likeness (QED) is 0.584. The van der Waals surface area contributed by atoms with Crippen LogP contribution in [0.3, 0.4) is 0 Å². The topological polar surface area (TPSA) is 46.2 Å². The van der Waals surface area contributed by atoms with Gasteiger partial charge in [-0.25, -0.2) is 0 Å². The summed E-state index contributed by atoms with van der Waals surface area (Å²) >= 11 is 0. The van der Waals surface area contributed by atoms with Gasteiger partial charge < -0.3 is 10.8 Å². The first-order chi connectivity index (χ1) is 3.71. The third-order valence-electron chi connectivity index (χ3n) is 0.888. The van der Waals surface area contributed by atoms with E-state index in [1.165, 1.54) is 0 Å². The molecule has 0 spiro atoms. The summed E-state index contributed by atoms with van der Waals surface area (Å²) in [5, 5.41) is 9.27. The summed E-state index contributed by atoms with van der Waals surface area (Å²) in [6.45, 7) is 7.35. The minimum atomic E-state index is -0.641. The third kappa shape index (κ3) is 7.92. The van der Waals surface area contributed by atoms with Gasteiger partial charge in [-0.3, -0.25) is 0 Å². The van der Waals surface area contributed by atoms with Crippen molar-refractivity contribution in [2.75, 3.05) is 0 Å². The number of aliphatic hydroxyl groups is 1. The summed E-state index contributed by atoms with van der Waals surface area (Å²) in [4.78, 5) is 0. The Morgan fingerprint density at radius 1 is 1.22 bits per heavy atom. The Morgan fingerprint density at radius 3 is 1.56 bits per heavy atom. The van der Waals surface area contributed by atoms with Crippen LogP contribution < -0.4 is 5.73 Å². The van der Waals surface area contributed by atoms with Gasteiger partial charge in [0.2, 0.25) is 0 Å². The average molecular weight is 131 g/mol. The van der Waals surface area contributed by atoms with Gasteiger partial charge in [0.25, 0.3) is 0 Å². The molecule has 0 rings (SSSR count). The monoisotopic (exact) mass is 131 g/mol. The van der Waals surface area contributed by atoms with Gasteiger partial charge in [-0.15, -0.1) is 0 Å². The van der Waals surface area contributed by atoms with Crippen LogP contribution in [0.1, 0.15) is 34.1 Å². The zero-order valence-corrected chi connectivity index (χ0v) is 6.73. The Bertz CT molecular complexity index is 74.1. The highest BCUT2D eigenvalue weighted by molar-refractivity contribution is 4.80. The highest BCUT2D eigenvalue weighted by Gasteiger charge is 2.22. The Kier molecular flexibility index (Phi) is 2.25. The van der Waals surface area contributed by atoms with E-state index in [0.29, 0.717) is 6.42 Å². The van der Waals surface area contributed by atoms with Gasteiger partial charge in [-0.05, 0) is 34.1 Å². The fourth-order valence-electron chi connectivity index (χ4n) is 1.11. The Hall–Kier alpha value is -0.0800. The van der Waals surface area contributed by atoms with E-state index in [2.05, 4.69) is 0 Å². The third-order valence-corrected chi connectivity index (χ3v) is 0.888. The molecule has 0 atom stereocenters. The summed E-state index contributed by atoms with van der Waals surface area (Å²) in [5.41, 5.74) is 4.76. The summed E-state index contributed by atoms with van der Waals surface area (Å²) in [6.07, 6.45) is 0.625. The van der Waals surface area contributed by atoms with Crippen molar-refractivity contribution >= 4 is 0 Å². The molecule has 0 amide bonds. The lowest BCUT2D eigenvalue weighted by Crippen LogP contribution is -2.40. The Morgan fingerprint density at radius 2 is 1.56 bits per heavy atom. The van der Waals surface area contributed by atoms with Crippen LogP contribution in [0.2, 0.25) is 0 Å². The lowest BCUT2D eigenvalue weighted by Gasteiger charge is -2.27. The molecule has 0 aliphatic rings. The molecule has 0 bridgehead atoms. The van der Waals surface area contributed by atoms with Crippen LogP contribution in [0.5, 0.6) is 0 Å². The van der Waals surface area contributed by atoms with E-state index < -0.39 is 5.60 Å². The normalized spacial score (nSPS) is 14.0. The zero-order chi connectivity index (χ0) is 7.71. The summed E-state index contributed by atoms with van der Waals surface area (Å²) < 4.78 is 0. The van der Waals surface area contributed by atoms with Gasteiger partial charge in [-0.2, -0.15) is 0 Å². The summed E-state index contributed by atoms with van der Waals surface area (Å²) in [7, 11) is 0. The highest BCUT2D eigenvalue weighted by atomic mass is 16.3. The average Bonchev–Trinajstić information content (AvgIpc) is 1.14. The maximum absolute atomic E-state index is 9.27. The second-order valence-corrected chi connectivity index (χ2v) is 3.98. The molecule has 0 heterocycles. The van der Waals surface area contributed by atoms with Crippen molar-refractivity contribution < 1.29 is 5.11 Å². The van der Waals surface area contributed by atoms with Crippen LogP contribution in [0.4, 0.5) is 0 Å². The minimum absolute atomic E-state index is 0.266. The fourth-order valence-corrected chi connectivity index (χ4v) is 1.11. The van der Waals surface area contributed by atoms with Crippen molar-refractivity contribution in [3.05, 3.63) is 0 Å². The van der Waals surface area contributed by atoms with Crippen LogP contribution in [-0.2, 0) is 0 Å². The summed E-state index contributed by atoms with van der Waals surface area (Å²) in [6, 6.07) is 0. The molecule has 0 aromatic carbocycles. The molecule has 0 aliphatic heterocycles. The van der Waals surface area contributed by atoms with Crippen molar-refractivity contribution in [2.45, 2.75) is 45.3 Å². The molecule has 0 unspecified atom stereocenters. The molecule has 0 fully saturated rings. The van der Waals surface area contributed by atoms with Gasteiger partial charge in [0.1, 0.15) is 0 Å². The maximum atomic E-state index is 9.27. The highest BCUT2D eigenvalue weighted by Crippen LogP contribution is 2.16. The number of nitrogens with two attached hydrogens (primary N) is 1. The maximum Gasteiger partial charge on any atom is 0.0609 e. The standard InChI is InChI=1S/C7H17NO/c1-6(2,8)5-7(3,4)9/h9H,5,8H2,1-4H3. The predicted molar refractivity (Wildman–Crippen MR) is 39.2 cm³/mol. The minimum Gasteiger partial charge on any atom is -0.390 e. The molecule has 56 valence electrons. The van der Waals surface area contributed by atoms with Crippen LogP contribution >= 0.6 is 0 Å². The first-order valence-electron chi connectivity index (χ1n) is 3.22. The smallest absolute Gasteiger partial charge is 0.0609 e. The zero-order valence-electron chi connectivity index (χ0n) is 6.73. The van der Waals surface area contributed by atoms with E-state index in [4.69, 9.17) is 5.73 Å². The van der Waals surface area contributed by atoms with Crippen molar-refractivity contribution in [3.63, 3.8) is 0 Å². The largest absolute Gasteiger partial charge is 0.390 e. The van der Waals surface area contributed by atoms with Crippen LogP contribution in [0, 0.1) is 0 Å². The fraction of sp³-hybridized carbons (Fsp3) is 1.00. The van der Waals surface area contributed by atoms with E-state index in [-0.39, 0.29) is 5.54 Å². The lowest BCUT2D eigenvalue weighted by molar-refractivity contribution is 0.0518. The van der Waals surface area contributed by atoms with Crippen molar-refractivity contribution in [1.82, 2.24) is 0 Å². The molecule has 0 saturated heterocycles. The van der Waals surface area contributed by atoms with Gasteiger partial charge in [-0.1, -0.05) is 0 Å². The van der Waals surface area contributed by atoms with Gasteiger partial charge in [0.05, 0.1) is 5.60 Å². The molecule has 0 saturated carbocycles. The molecular weight excluding hydrogens is 114 g/mol. The molecule has 3 N–H and O–H groups in total. The van der Waals surface area contributed by atoms with Crippen molar-refractivity contribution in [1.29, 1.82) is 0 Å². The van der Waals surface area contributed by atoms with Crippen LogP contribution in [-0.4, -0.2) is 16.2 Å². The Balaban J connectivity index is 3.75. The lowest BCUT2D eigenvalue weighted by atomic mass is 9.91. The first-order valence-corrected chi connectivity index (χ1v) is 3.22. The van der Waals surface area contributed by atoms with E-state index in [9.17, 15) is 5.11 Å². The second kappa shape index (κ2) is 2.27. The summed E-state index contributed by atoms with van der Waals surface area (Å²) in [5.74, 6) is 0. The Labute approximate surface area is 57.1 Å². The molecular formula is C7H17NO. The van der Waals surface area contributed by atoms with Gasteiger partial charge in [0, 0.05) is 5.54 Å². The molecule has 0 aromatic rings. The number of hydrogen-bond acceptors (Lipinski definition) is 2. The van der Waals surface area contributed by atoms with E-state index in [1.807, 2.05) is 13.8 Å². The van der Waals surface area contributed by atoms with E-state index in [0.717, 1.165) is 0 Å². The molecule has 9 heavy (non-hydrogen) atoms. The molecule has 2 nitrogen and oxygen atoms in total. The van der Waals surface area contributed by atoms with Gasteiger partial charge >= 0.3 is 0 Å². The predicted octanol–water partition coefficient (Wildman–Crippen LogP) is 0.885. The first kappa shape index (κ1) is 8.92. The number of rotatable bonds is 2. The SMILES string of the molecule is CC(C)(N)CC(C)(C)O. The van der Waals surface area contributed by atoms with Gasteiger partial charge in [0.15, 0.2) is 0 Å². The van der Waals surface area contributed by atoms with Crippen LogP contribution in [0.15, 0.2) is 0 Å². The molecule has 0 aromatic heterocycles.